The molecule has 0 bridgehead atoms. The smallest absolute Gasteiger partial charge is 0.261 e. The second-order valence-corrected chi connectivity index (χ2v) is 10.5. The minimum atomic E-state index is -1.00. The normalized spacial score (nSPS) is 24.2. The van der Waals surface area contributed by atoms with Gasteiger partial charge in [0.25, 0.3) is 11.8 Å². The number of amides is 2. The molecular formula is C26H24BrN5O5. The van der Waals surface area contributed by atoms with Crippen molar-refractivity contribution < 1.29 is 23.9 Å². The van der Waals surface area contributed by atoms with Gasteiger partial charge >= 0.3 is 0 Å². The van der Waals surface area contributed by atoms with Gasteiger partial charge in [-0.15, -0.1) is 0 Å². The molecule has 11 heteroatoms. The van der Waals surface area contributed by atoms with Gasteiger partial charge in [0, 0.05) is 54.3 Å². The largest absolute Gasteiger partial charge is 0.452 e. The number of hydrogen-bond donors (Lipinski definition) is 0. The lowest BCUT2D eigenvalue weighted by molar-refractivity contribution is -0.135. The first-order valence-corrected chi connectivity index (χ1v) is 12.6. The molecule has 10 nitrogen and oxygen atoms in total. The fourth-order valence-electron chi connectivity index (χ4n) is 5.38. The predicted octanol–water partition coefficient (Wildman–Crippen LogP) is 4.39. The number of benzene rings is 2. The molecule has 190 valence electrons. The minimum absolute atomic E-state index is 0.0964. The Labute approximate surface area is 221 Å². The lowest BCUT2D eigenvalue weighted by atomic mass is 9.74. The van der Waals surface area contributed by atoms with Gasteiger partial charge in [-0.2, -0.15) is 0 Å². The molecule has 1 saturated heterocycles. The number of carbonyl (C=O) groups is 3. The third kappa shape index (κ3) is 4.50. The predicted molar refractivity (Wildman–Crippen MR) is 136 cm³/mol. The van der Waals surface area contributed by atoms with Gasteiger partial charge in [-0.1, -0.05) is 45.3 Å². The van der Waals surface area contributed by atoms with E-state index in [4.69, 9.17) is 15.0 Å². The number of carbonyl (C=O) groups excluding carboxylic acids is 3. The molecule has 3 atom stereocenters. The van der Waals surface area contributed by atoms with E-state index in [0.717, 1.165) is 10.0 Å². The van der Waals surface area contributed by atoms with Crippen molar-refractivity contribution in [1.29, 1.82) is 0 Å². The summed E-state index contributed by atoms with van der Waals surface area (Å²) >= 11 is 3.46. The van der Waals surface area contributed by atoms with Crippen molar-refractivity contribution >= 4 is 34.0 Å². The minimum Gasteiger partial charge on any atom is -0.452 e. The number of ether oxygens (including phenoxy) is 2. The molecule has 0 unspecified atom stereocenters. The van der Waals surface area contributed by atoms with Crippen LogP contribution in [0.15, 0.2) is 69.6 Å². The molecular weight excluding hydrogens is 542 g/mol. The molecule has 2 aromatic rings. The molecule has 0 spiro atoms. The fourth-order valence-corrected chi connectivity index (χ4v) is 5.65. The van der Waals surface area contributed by atoms with Gasteiger partial charge in [-0.05, 0) is 35.4 Å². The van der Waals surface area contributed by atoms with Gasteiger partial charge in [0.1, 0.15) is 0 Å². The Bertz CT molecular complexity index is 1320. The third-order valence-electron chi connectivity index (χ3n) is 6.95. The Balaban J connectivity index is 1.51. The Hall–Kier alpha value is -3.66. The van der Waals surface area contributed by atoms with Crippen LogP contribution in [0, 0.1) is 0 Å². The summed E-state index contributed by atoms with van der Waals surface area (Å²) in [5, 5.41) is 3.83. The van der Waals surface area contributed by atoms with Crippen LogP contribution in [0.4, 0.5) is 0 Å². The zero-order chi connectivity index (χ0) is 26.3. The highest BCUT2D eigenvalue weighted by Crippen LogP contribution is 2.44. The zero-order valence-corrected chi connectivity index (χ0v) is 21.8. The van der Waals surface area contributed by atoms with Crippen LogP contribution in [0.5, 0.6) is 0 Å². The number of aldehydes is 1. The highest BCUT2D eigenvalue weighted by atomic mass is 79.9. The summed E-state index contributed by atoms with van der Waals surface area (Å²) in [5.41, 5.74) is 10.8. The van der Waals surface area contributed by atoms with Crippen LogP contribution in [-0.4, -0.2) is 65.4 Å². The van der Waals surface area contributed by atoms with E-state index in [0.29, 0.717) is 23.2 Å². The van der Waals surface area contributed by atoms with Gasteiger partial charge in [-0.3, -0.25) is 24.2 Å². The van der Waals surface area contributed by atoms with Gasteiger partial charge < -0.3 is 9.47 Å². The molecule has 0 N–H and O–H groups in total. The highest BCUT2D eigenvalue weighted by Gasteiger charge is 2.52. The number of allylic oxidation sites excluding steroid dienone is 1. The summed E-state index contributed by atoms with van der Waals surface area (Å²) in [6.07, 6.45) is 0.609. The lowest BCUT2D eigenvalue weighted by Crippen LogP contribution is -2.67. The van der Waals surface area contributed by atoms with Crippen LogP contribution >= 0.6 is 15.9 Å². The molecule has 0 radical (unpaired) electrons. The van der Waals surface area contributed by atoms with Gasteiger partial charge in [0.15, 0.2) is 12.0 Å². The van der Waals surface area contributed by atoms with E-state index in [1.54, 1.807) is 38.1 Å². The highest BCUT2D eigenvalue weighted by molar-refractivity contribution is 9.10. The van der Waals surface area contributed by atoms with Crippen LogP contribution in [0.3, 0.4) is 0 Å². The standard InChI is InChI=1S/C26H24BrN5O5/c1-26(2)36-21(22(14-33)37-26)13-31-19(11-29-30-28)23(15-7-9-16(27)10-8-15)20(31)12-32-24(34)17-5-3-4-6-18(17)25(32)35/h3-10,14,19-20,23H,11-13H2,1-2H3/t19-,20+,23+/m0/s1. The van der Waals surface area contributed by atoms with Gasteiger partial charge in [0.2, 0.25) is 11.5 Å². The van der Waals surface area contributed by atoms with E-state index in [-0.39, 0.29) is 55.2 Å². The maximum atomic E-state index is 13.2. The number of nitrogens with zero attached hydrogens (tertiary/aromatic N) is 5. The molecule has 0 aliphatic carbocycles. The zero-order valence-electron chi connectivity index (χ0n) is 20.2. The van der Waals surface area contributed by atoms with Crippen LogP contribution in [0.2, 0.25) is 0 Å². The molecule has 2 amide bonds. The van der Waals surface area contributed by atoms with Crippen LogP contribution in [0.1, 0.15) is 46.0 Å². The topological polar surface area (TPSA) is 125 Å². The summed E-state index contributed by atoms with van der Waals surface area (Å²) in [6.45, 7) is 3.87. The van der Waals surface area contributed by atoms with Crippen molar-refractivity contribution in [1.82, 2.24) is 9.80 Å². The first-order chi connectivity index (χ1) is 17.7. The summed E-state index contributed by atoms with van der Waals surface area (Å²) in [7, 11) is 0. The Kier molecular flexibility index (Phi) is 6.53. The van der Waals surface area contributed by atoms with E-state index in [2.05, 4.69) is 26.0 Å². The van der Waals surface area contributed by atoms with Crippen molar-refractivity contribution in [3.63, 3.8) is 0 Å². The number of halogens is 1. The molecule has 3 aliphatic heterocycles. The molecule has 2 aromatic carbocycles. The number of likely N-dealkylation sites (tertiary alicyclic amines) is 1. The number of imide groups is 1. The molecule has 0 aromatic heterocycles. The van der Waals surface area contributed by atoms with Crippen molar-refractivity contribution in [2.75, 3.05) is 19.6 Å². The maximum Gasteiger partial charge on any atom is 0.261 e. The third-order valence-corrected chi connectivity index (χ3v) is 7.48. The van der Waals surface area contributed by atoms with Crippen LogP contribution in [0.25, 0.3) is 10.4 Å². The number of rotatable bonds is 8. The van der Waals surface area contributed by atoms with E-state index >= 15 is 0 Å². The number of hydrogen-bond acceptors (Lipinski definition) is 7. The van der Waals surface area contributed by atoms with E-state index in [9.17, 15) is 14.4 Å². The molecule has 1 fully saturated rings. The Morgan fingerprint density at radius 3 is 2.30 bits per heavy atom. The molecule has 5 rings (SSSR count). The second kappa shape index (κ2) is 9.66. The monoisotopic (exact) mass is 565 g/mol. The summed E-state index contributed by atoms with van der Waals surface area (Å²) in [6, 6.07) is 14.0. The first-order valence-electron chi connectivity index (χ1n) is 11.8. The van der Waals surface area contributed by atoms with Crippen LogP contribution in [-0.2, 0) is 14.3 Å². The quantitative estimate of drug-likeness (QED) is 0.154. The van der Waals surface area contributed by atoms with Crippen molar-refractivity contribution in [2.24, 2.45) is 5.11 Å². The van der Waals surface area contributed by atoms with E-state index in [1.807, 2.05) is 29.2 Å². The molecule has 3 aliphatic rings. The SMILES string of the molecule is CC1(C)OC(C=O)=C(CN2[C@H](CN3C(=O)c4ccccc4C3=O)[C@H](c3ccc(Br)cc3)[C@@H]2CN=[N+]=[N-])O1. The molecule has 3 heterocycles. The lowest BCUT2D eigenvalue weighted by Gasteiger charge is -2.56. The summed E-state index contributed by atoms with van der Waals surface area (Å²) < 4.78 is 12.4. The van der Waals surface area contributed by atoms with Crippen molar-refractivity contribution in [2.45, 2.75) is 37.6 Å². The maximum absolute atomic E-state index is 13.2. The van der Waals surface area contributed by atoms with Crippen molar-refractivity contribution in [3.8, 4) is 0 Å². The molecule has 37 heavy (non-hydrogen) atoms. The first kappa shape index (κ1) is 25.0. The number of azide groups is 1. The molecule has 0 saturated carbocycles. The van der Waals surface area contributed by atoms with Crippen molar-refractivity contribution in [3.05, 3.63) is 91.7 Å². The summed E-state index contributed by atoms with van der Waals surface area (Å²) in [4.78, 5) is 44.3. The summed E-state index contributed by atoms with van der Waals surface area (Å²) in [5.74, 6) is -1.39. The average molecular weight is 566 g/mol. The van der Waals surface area contributed by atoms with Gasteiger partial charge in [-0.25, -0.2) is 0 Å². The Morgan fingerprint density at radius 2 is 1.70 bits per heavy atom. The van der Waals surface area contributed by atoms with E-state index in [1.165, 1.54) is 4.90 Å². The second-order valence-electron chi connectivity index (χ2n) is 9.57. The number of fused-ring (bicyclic) bond motifs is 1. The average Bonchev–Trinajstić information content (AvgIpc) is 3.31. The van der Waals surface area contributed by atoms with Gasteiger partial charge in [0.05, 0.1) is 17.7 Å². The fraction of sp³-hybridized carbons (Fsp3) is 0.346. The van der Waals surface area contributed by atoms with Crippen LogP contribution < -0.4 is 0 Å². The Morgan fingerprint density at radius 1 is 1.05 bits per heavy atom. The van der Waals surface area contributed by atoms with E-state index < -0.39 is 5.79 Å².